The summed E-state index contributed by atoms with van der Waals surface area (Å²) in [6.07, 6.45) is 2.96. The SMILES string of the molecule is CCCC1SCC(C(=O)O)N1C(=O)N(C)CC1CC(O)C1. The molecule has 2 atom stereocenters. The first-order valence-electron chi connectivity index (χ1n) is 7.50. The van der Waals surface area contributed by atoms with Crippen LogP contribution in [0.1, 0.15) is 32.6 Å². The van der Waals surface area contributed by atoms with Crippen molar-refractivity contribution in [2.45, 2.75) is 50.1 Å². The van der Waals surface area contributed by atoms with Crippen molar-refractivity contribution in [1.82, 2.24) is 9.80 Å². The van der Waals surface area contributed by atoms with Crippen LogP contribution in [-0.2, 0) is 4.79 Å². The van der Waals surface area contributed by atoms with Gasteiger partial charge in [0.15, 0.2) is 0 Å². The molecule has 0 spiro atoms. The topological polar surface area (TPSA) is 81.1 Å². The van der Waals surface area contributed by atoms with Crippen LogP contribution in [0, 0.1) is 5.92 Å². The lowest BCUT2D eigenvalue weighted by molar-refractivity contribution is -0.141. The van der Waals surface area contributed by atoms with E-state index < -0.39 is 12.0 Å². The van der Waals surface area contributed by atoms with Crippen LogP contribution in [0.3, 0.4) is 0 Å². The van der Waals surface area contributed by atoms with Gasteiger partial charge in [-0.2, -0.15) is 0 Å². The summed E-state index contributed by atoms with van der Waals surface area (Å²) in [6.45, 7) is 2.62. The predicted octanol–water partition coefficient (Wildman–Crippen LogP) is 1.44. The first-order chi connectivity index (χ1) is 9.93. The van der Waals surface area contributed by atoms with Gasteiger partial charge >= 0.3 is 12.0 Å². The Balaban J connectivity index is 2.00. The Morgan fingerprint density at radius 1 is 1.38 bits per heavy atom. The van der Waals surface area contributed by atoms with Gasteiger partial charge in [0.2, 0.25) is 0 Å². The normalized spacial score (nSPS) is 31.9. The molecule has 0 radical (unpaired) electrons. The molecule has 1 saturated carbocycles. The number of carboxylic acid groups (broad SMARTS) is 1. The van der Waals surface area contributed by atoms with Crippen molar-refractivity contribution in [3.63, 3.8) is 0 Å². The predicted molar refractivity (Wildman–Crippen MR) is 81.2 cm³/mol. The van der Waals surface area contributed by atoms with Crippen LogP contribution in [0.5, 0.6) is 0 Å². The molecule has 1 aliphatic heterocycles. The Labute approximate surface area is 129 Å². The lowest BCUT2D eigenvalue weighted by Crippen LogP contribution is -2.52. The van der Waals surface area contributed by atoms with Crippen molar-refractivity contribution >= 4 is 23.8 Å². The zero-order valence-corrected chi connectivity index (χ0v) is 13.4. The Hall–Kier alpha value is -0.950. The molecule has 21 heavy (non-hydrogen) atoms. The summed E-state index contributed by atoms with van der Waals surface area (Å²) in [4.78, 5) is 27.1. The van der Waals surface area contributed by atoms with Gasteiger partial charge in [0.1, 0.15) is 6.04 Å². The number of thioether (sulfide) groups is 1. The molecule has 0 aromatic heterocycles. The Kier molecular flexibility index (Phi) is 5.37. The van der Waals surface area contributed by atoms with Crippen molar-refractivity contribution in [3.05, 3.63) is 0 Å². The van der Waals surface area contributed by atoms with Gasteiger partial charge in [0.25, 0.3) is 0 Å². The minimum atomic E-state index is -0.929. The minimum absolute atomic E-state index is 0.0435. The number of amides is 2. The smallest absolute Gasteiger partial charge is 0.327 e. The quantitative estimate of drug-likeness (QED) is 0.802. The van der Waals surface area contributed by atoms with E-state index in [9.17, 15) is 19.8 Å². The second-order valence-corrected chi connectivity index (χ2v) is 7.20. The van der Waals surface area contributed by atoms with Gasteiger partial charge < -0.3 is 15.1 Å². The Morgan fingerprint density at radius 3 is 2.57 bits per heavy atom. The first kappa shape index (κ1) is 16.4. The number of aliphatic hydroxyl groups excluding tert-OH is 1. The molecule has 7 heteroatoms. The van der Waals surface area contributed by atoms with E-state index in [2.05, 4.69) is 0 Å². The highest BCUT2D eigenvalue weighted by molar-refractivity contribution is 8.00. The lowest BCUT2D eigenvalue weighted by atomic mass is 9.82. The van der Waals surface area contributed by atoms with Gasteiger partial charge in [-0.15, -0.1) is 11.8 Å². The number of carbonyl (C=O) groups excluding carboxylic acids is 1. The number of aliphatic hydroxyl groups is 1. The number of carboxylic acids is 1. The van der Waals surface area contributed by atoms with Crippen LogP contribution in [-0.4, -0.2) is 68.9 Å². The van der Waals surface area contributed by atoms with Gasteiger partial charge in [-0.25, -0.2) is 9.59 Å². The van der Waals surface area contributed by atoms with E-state index in [0.717, 1.165) is 25.7 Å². The molecule has 2 fully saturated rings. The molecule has 1 aliphatic carbocycles. The van der Waals surface area contributed by atoms with Crippen molar-refractivity contribution in [2.24, 2.45) is 5.92 Å². The van der Waals surface area contributed by atoms with Crippen LogP contribution in [0.4, 0.5) is 4.79 Å². The average Bonchev–Trinajstić information content (AvgIpc) is 2.80. The fourth-order valence-corrected chi connectivity index (χ4v) is 4.50. The second kappa shape index (κ2) is 6.87. The summed E-state index contributed by atoms with van der Waals surface area (Å²) in [5.41, 5.74) is 0. The monoisotopic (exact) mass is 316 g/mol. The lowest BCUT2D eigenvalue weighted by Gasteiger charge is -2.37. The molecular weight excluding hydrogens is 292 g/mol. The van der Waals surface area contributed by atoms with Crippen LogP contribution >= 0.6 is 11.8 Å². The summed E-state index contributed by atoms with van der Waals surface area (Å²) >= 11 is 1.55. The molecule has 0 bridgehead atoms. The van der Waals surface area contributed by atoms with Crippen molar-refractivity contribution in [3.8, 4) is 0 Å². The summed E-state index contributed by atoms with van der Waals surface area (Å²) < 4.78 is 0. The number of urea groups is 1. The number of nitrogens with zero attached hydrogens (tertiary/aromatic N) is 2. The second-order valence-electron chi connectivity index (χ2n) is 5.99. The summed E-state index contributed by atoms with van der Waals surface area (Å²) in [6, 6.07) is -0.930. The maximum absolute atomic E-state index is 12.6. The molecule has 2 unspecified atom stereocenters. The van der Waals surface area contributed by atoms with Crippen LogP contribution < -0.4 is 0 Å². The van der Waals surface area contributed by atoms with E-state index in [-0.39, 0.29) is 17.5 Å². The molecule has 2 amide bonds. The van der Waals surface area contributed by atoms with E-state index in [1.54, 1.807) is 23.7 Å². The standard InChI is InChI=1S/C14H24N2O4S/c1-3-4-12-16(11(8-21-12)13(18)19)14(20)15(2)7-9-5-10(17)6-9/h9-12,17H,3-8H2,1-2H3,(H,18,19). The van der Waals surface area contributed by atoms with E-state index in [0.29, 0.717) is 18.2 Å². The summed E-state index contributed by atoms with van der Waals surface area (Å²) in [7, 11) is 1.72. The minimum Gasteiger partial charge on any atom is -0.480 e. The maximum atomic E-state index is 12.6. The molecule has 0 aromatic carbocycles. The summed E-state index contributed by atoms with van der Waals surface area (Å²) in [5.74, 6) is -0.138. The van der Waals surface area contributed by atoms with E-state index in [4.69, 9.17) is 0 Å². The first-order valence-corrected chi connectivity index (χ1v) is 8.54. The van der Waals surface area contributed by atoms with Gasteiger partial charge in [0, 0.05) is 19.3 Å². The third kappa shape index (κ3) is 3.63. The van der Waals surface area contributed by atoms with Crippen molar-refractivity contribution in [2.75, 3.05) is 19.3 Å². The number of rotatable bonds is 5. The number of hydrogen-bond donors (Lipinski definition) is 2. The van der Waals surface area contributed by atoms with Crippen LogP contribution in [0.25, 0.3) is 0 Å². The van der Waals surface area contributed by atoms with E-state index in [1.807, 2.05) is 6.92 Å². The van der Waals surface area contributed by atoms with Gasteiger partial charge in [-0.3, -0.25) is 4.90 Å². The molecule has 2 rings (SSSR count). The molecule has 0 aromatic rings. The highest BCUT2D eigenvalue weighted by Gasteiger charge is 2.42. The Morgan fingerprint density at radius 2 is 2.05 bits per heavy atom. The van der Waals surface area contributed by atoms with Gasteiger partial charge in [0.05, 0.1) is 11.5 Å². The zero-order chi connectivity index (χ0) is 15.6. The van der Waals surface area contributed by atoms with Gasteiger partial charge in [-0.05, 0) is 25.2 Å². The fourth-order valence-electron chi connectivity index (χ4n) is 2.99. The van der Waals surface area contributed by atoms with Crippen molar-refractivity contribution < 1.29 is 19.8 Å². The van der Waals surface area contributed by atoms with Crippen LogP contribution in [0.2, 0.25) is 0 Å². The summed E-state index contributed by atoms with van der Waals surface area (Å²) in [5, 5.41) is 18.6. The molecule has 120 valence electrons. The van der Waals surface area contributed by atoms with Gasteiger partial charge in [-0.1, -0.05) is 13.3 Å². The molecular formula is C14H24N2O4S. The van der Waals surface area contributed by atoms with E-state index >= 15 is 0 Å². The molecule has 1 heterocycles. The average molecular weight is 316 g/mol. The third-order valence-electron chi connectivity index (χ3n) is 4.20. The molecule has 1 saturated heterocycles. The number of hydrogen-bond acceptors (Lipinski definition) is 4. The highest BCUT2D eigenvalue weighted by atomic mass is 32.2. The third-order valence-corrected chi connectivity index (χ3v) is 5.56. The number of aliphatic carboxylic acids is 1. The fraction of sp³-hybridized carbons (Fsp3) is 0.857. The molecule has 2 aliphatic rings. The zero-order valence-electron chi connectivity index (χ0n) is 12.6. The van der Waals surface area contributed by atoms with Crippen molar-refractivity contribution in [1.29, 1.82) is 0 Å². The molecule has 6 nitrogen and oxygen atoms in total. The van der Waals surface area contributed by atoms with E-state index in [1.165, 1.54) is 4.90 Å². The maximum Gasteiger partial charge on any atom is 0.327 e. The Bertz CT molecular complexity index is 400. The molecule has 2 N–H and O–H groups in total. The highest BCUT2D eigenvalue weighted by Crippen LogP contribution is 2.34. The largest absolute Gasteiger partial charge is 0.480 e. The number of carbonyl (C=O) groups is 2. The van der Waals surface area contributed by atoms with Crippen LogP contribution in [0.15, 0.2) is 0 Å².